The molecule has 0 amide bonds. The van der Waals surface area contributed by atoms with Gasteiger partial charge in [-0.05, 0) is 5.92 Å². The molecule has 0 saturated heterocycles. The van der Waals surface area contributed by atoms with Gasteiger partial charge in [-0.2, -0.15) is 9.90 Å². The zero-order valence-electron chi connectivity index (χ0n) is 8.21. The highest BCUT2D eigenvalue weighted by Gasteiger charge is 2.11. The van der Waals surface area contributed by atoms with E-state index in [-0.39, 0.29) is 11.7 Å². The highest BCUT2D eigenvalue weighted by atomic mass is 32.2. The van der Waals surface area contributed by atoms with Crippen LogP contribution in [0.5, 0.6) is 0 Å². The third kappa shape index (κ3) is 3.73. The van der Waals surface area contributed by atoms with Crippen molar-refractivity contribution >= 4 is 15.7 Å². The van der Waals surface area contributed by atoms with Gasteiger partial charge in [-0.1, -0.05) is 6.92 Å². The summed E-state index contributed by atoms with van der Waals surface area (Å²) in [6, 6.07) is 0. The molecule has 0 aliphatic carbocycles. The lowest BCUT2D eigenvalue weighted by molar-refractivity contribution is 0.437. The highest BCUT2D eigenvalue weighted by molar-refractivity contribution is 7.90. The fourth-order valence-electron chi connectivity index (χ4n) is 1.25. The largest absolute Gasteiger partial charge is 0.381 e. The molecule has 1 aromatic heterocycles. The first kappa shape index (κ1) is 11.0. The molecule has 0 aliphatic rings. The molecule has 1 unspecified atom stereocenters. The molecular weight excluding hydrogens is 204 g/mol. The summed E-state index contributed by atoms with van der Waals surface area (Å²) in [4.78, 5) is 1.41. The van der Waals surface area contributed by atoms with Gasteiger partial charge in [0, 0.05) is 6.26 Å². The number of aromatic nitrogens is 3. The molecule has 0 radical (unpaired) electrons. The molecule has 80 valence electrons. The molecule has 0 saturated carbocycles. The Hall–Kier alpha value is -1.11. The molecular formula is C7H14N4O2S. The van der Waals surface area contributed by atoms with Crippen LogP contribution >= 0.6 is 0 Å². The number of nitrogens with zero attached hydrogens (tertiary/aromatic N) is 3. The molecule has 1 atom stereocenters. The van der Waals surface area contributed by atoms with Gasteiger partial charge >= 0.3 is 0 Å². The topological polar surface area (TPSA) is 90.9 Å². The van der Waals surface area contributed by atoms with Crippen molar-refractivity contribution in [3.8, 4) is 0 Å². The number of anilines is 1. The second kappa shape index (κ2) is 3.95. The second-order valence-corrected chi connectivity index (χ2v) is 5.71. The van der Waals surface area contributed by atoms with Crippen LogP contribution in [-0.4, -0.2) is 35.4 Å². The van der Waals surface area contributed by atoms with Crippen molar-refractivity contribution < 1.29 is 8.42 Å². The molecule has 6 nitrogen and oxygen atoms in total. The smallest absolute Gasteiger partial charge is 0.165 e. The third-order valence-corrected chi connectivity index (χ3v) is 2.79. The molecule has 1 aromatic rings. The molecule has 1 heterocycles. The Morgan fingerprint density at radius 1 is 1.64 bits per heavy atom. The average Bonchev–Trinajstić information content (AvgIpc) is 2.30. The summed E-state index contributed by atoms with van der Waals surface area (Å²) in [5, 5.41) is 7.74. The van der Waals surface area contributed by atoms with Crippen LogP contribution in [0.25, 0.3) is 0 Å². The van der Waals surface area contributed by atoms with E-state index in [1.54, 1.807) is 0 Å². The molecule has 14 heavy (non-hydrogen) atoms. The maximum atomic E-state index is 11.0. The molecule has 0 spiro atoms. The Morgan fingerprint density at radius 2 is 2.29 bits per heavy atom. The van der Waals surface area contributed by atoms with E-state index < -0.39 is 9.84 Å². The van der Waals surface area contributed by atoms with Crippen molar-refractivity contribution in [1.29, 1.82) is 0 Å². The molecule has 0 aliphatic heterocycles. The van der Waals surface area contributed by atoms with Gasteiger partial charge in [0.15, 0.2) is 5.82 Å². The van der Waals surface area contributed by atoms with Gasteiger partial charge in [-0.15, -0.1) is 5.10 Å². The Bertz CT molecular complexity index is 398. The van der Waals surface area contributed by atoms with Crippen LogP contribution in [0, 0.1) is 5.92 Å². The Morgan fingerprint density at radius 3 is 2.71 bits per heavy atom. The lowest BCUT2D eigenvalue weighted by atomic mass is 10.2. The van der Waals surface area contributed by atoms with Gasteiger partial charge in [-0.3, -0.25) is 0 Å². The van der Waals surface area contributed by atoms with Crippen molar-refractivity contribution in [3.63, 3.8) is 0 Å². The average molecular weight is 218 g/mol. The quantitative estimate of drug-likeness (QED) is 0.738. The van der Waals surface area contributed by atoms with E-state index in [0.29, 0.717) is 12.4 Å². The summed E-state index contributed by atoms with van der Waals surface area (Å²) in [5.74, 6) is 0.461. The number of nitrogens with two attached hydrogens (primary N) is 1. The van der Waals surface area contributed by atoms with Crippen molar-refractivity contribution in [2.75, 3.05) is 17.7 Å². The fourth-order valence-corrected chi connectivity index (χ4v) is 2.39. The Balaban J connectivity index is 2.53. The van der Waals surface area contributed by atoms with E-state index in [9.17, 15) is 8.42 Å². The molecule has 2 N–H and O–H groups in total. The van der Waals surface area contributed by atoms with Gasteiger partial charge in [0.1, 0.15) is 9.84 Å². The standard InChI is InChI=1S/C7H14N4O2S/c1-6(5-14(2,12)13)4-11-9-3-7(8)10-11/h3,6H,4-5H2,1-2H3,(H2,8,10). The zero-order valence-corrected chi connectivity index (χ0v) is 9.03. The second-order valence-electron chi connectivity index (χ2n) is 3.52. The lowest BCUT2D eigenvalue weighted by Gasteiger charge is -2.08. The minimum atomic E-state index is -2.94. The third-order valence-electron chi connectivity index (χ3n) is 1.62. The Kier molecular flexibility index (Phi) is 3.10. The van der Waals surface area contributed by atoms with E-state index in [4.69, 9.17) is 5.73 Å². The van der Waals surface area contributed by atoms with Gasteiger partial charge in [0.25, 0.3) is 0 Å². The van der Waals surface area contributed by atoms with Crippen molar-refractivity contribution in [2.45, 2.75) is 13.5 Å². The van der Waals surface area contributed by atoms with Crippen LogP contribution in [0.4, 0.5) is 5.82 Å². The van der Waals surface area contributed by atoms with E-state index in [1.807, 2.05) is 6.92 Å². The fraction of sp³-hybridized carbons (Fsp3) is 0.714. The lowest BCUT2D eigenvalue weighted by Crippen LogP contribution is -2.18. The summed E-state index contributed by atoms with van der Waals surface area (Å²) in [6.07, 6.45) is 2.65. The highest BCUT2D eigenvalue weighted by Crippen LogP contribution is 2.03. The van der Waals surface area contributed by atoms with Gasteiger partial charge < -0.3 is 5.73 Å². The summed E-state index contributed by atoms with van der Waals surface area (Å²) in [7, 11) is -2.94. The normalized spacial score (nSPS) is 14.1. The summed E-state index contributed by atoms with van der Waals surface area (Å²) in [6.45, 7) is 2.30. The number of hydrogen-bond donors (Lipinski definition) is 1. The minimum Gasteiger partial charge on any atom is -0.381 e. The van der Waals surface area contributed by atoms with Gasteiger partial charge in [-0.25, -0.2) is 8.42 Å². The predicted molar refractivity (Wildman–Crippen MR) is 53.3 cm³/mol. The number of sulfone groups is 1. The van der Waals surface area contributed by atoms with Crippen molar-refractivity contribution in [3.05, 3.63) is 6.20 Å². The maximum Gasteiger partial charge on any atom is 0.165 e. The first-order chi connectivity index (χ1) is 6.37. The molecule has 1 rings (SSSR count). The van der Waals surface area contributed by atoms with Gasteiger partial charge in [0.2, 0.25) is 0 Å². The molecule has 0 fully saturated rings. The number of rotatable bonds is 4. The summed E-state index contributed by atoms with van der Waals surface area (Å²) in [5.41, 5.74) is 5.37. The van der Waals surface area contributed by atoms with Crippen LogP contribution in [0.1, 0.15) is 6.92 Å². The van der Waals surface area contributed by atoms with Crippen LogP contribution in [-0.2, 0) is 16.4 Å². The van der Waals surface area contributed by atoms with E-state index in [0.717, 1.165) is 0 Å². The maximum absolute atomic E-state index is 11.0. The first-order valence-corrected chi connectivity index (χ1v) is 6.26. The molecule has 0 bridgehead atoms. The molecule has 7 heteroatoms. The summed E-state index contributed by atoms with van der Waals surface area (Å²) >= 11 is 0. The van der Waals surface area contributed by atoms with Crippen molar-refractivity contribution in [1.82, 2.24) is 15.0 Å². The van der Waals surface area contributed by atoms with Crippen molar-refractivity contribution in [2.24, 2.45) is 5.92 Å². The first-order valence-electron chi connectivity index (χ1n) is 4.20. The zero-order chi connectivity index (χ0) is 10.8. The SMILES string of the molecule is CC(Cn1ncc(N)n1)CS(C)(=O)=O. The van der Waals surface area contributed by atoms with Crippen LogP contribution in [0.15, 0.2) is 6.20 Å². The van der Waals surface area contributed by atoms with E-state index in [1.165, 1.54) is 17.2 Å². The monoisotopic (exact) mass is 218 g/mol. The minimum absolute atomic E-state index is 0.0169. The summed E-state index contributed by atoms with van der Waals surface area (Å²) < 4.78 is 21.9. The number of nitrogen functional groups attached to an aromatic ring is 1. The number of hydrogen-bond acceptors (Lipinski definition) is 5. The van der Waals surface area contributed by atoms with Gasteiger partial charge in [0.05, 0.1) is 18.5 Å². The van der Waals surface area contributed by atoms with Crippen LogP contribution in [0.3, 0.4) is 0 Å². The predicted octanol–water partition coefficient (Wildman–Crippen LogP) is -0.459. The van der Waals surface area contributed by atoms with E-state index in [2.05, 4.69) is 10.2 Å². The van der Waals surface area contributed by atoms with E-state index >= 15 is 0 Å². The molecule has 0 aromatic carbocycles. The van der Waals surface area contributed by atoms with Crippen LogP contribution < -0.4 is 5.73 Å². The van der Waals surface area contributed by atoms with Crippen LogP contribution in [0.2, 0.25) is 0 Å². The Labute approximate surface area is 83.0 Å².